The minimum absolute atomic E-state index is 0.0249. The number of hydrogen-bond acceptors (Lipinski definition) is 6. The van der Waals surface area contributed by atoms with Crippen LogP contribution in [-0.4, -0.2) is 28.1 Å². The van der Waals surface area contributed by atoms with Crippen LogP contribution in [0.25, 0.3) is 5.76 Å². The number of ketones is 1. The van der Waals surface area contributed by atoms with Gasteiger partial charge in [0.25, 0.3) is 5.78 Å². The van der Waals surface area contributed by atoms with Crippen LogP contribution in [0.4, 0.5) is 10.2 Å². The molecule has 3 aromatic rings. The molecule has 0 unspecified atom stereocenters. The van der Waals surface area contributed by atoms with Crippen LogP contribution in [0.15, 0.2) is 64.7 Å². The molecule has 1 fully saturated rings. The summed E-state index contributed by atoms with van der Waals surface area (Å²) in [5.41, 5.74) is 0.648. The van der Waals surface area contributed by atoms with Gasteiger partial charge in [-0.05, 0) is 62.7 Å². The number of carbonyl (C=O) groups excluding carboxylic acids is 2. The lowest BCUT2D eigenvalue weighted by Gasteiger charge is -2.23. The van der Waals surface area contributed by atoms with E-state index < -0.39 is 29.3 Å². The van der Waals surface area contributed by atoms with Gasteiger partial charge in [-0.1, -0.05) is 17.3 Å². The Labute approximate surface area is 183 Å². The van der Waals surface area contributed by atoms with Gasteiger partial charge in [-0.25, -0.2) is 4.39 Å². The van der Waals surface area contributed by atoms with Crippen molar-refractivity contribution in [1.29, 1.82) is 0 Å². The summed E-state index contributed by atoms with van der Waals surface area (Å²) >= 11 is 0. The van der Waals surface area contributed by atoms with Crippen molar-refractivity contribution in [2.45, 2.75) is 32.9 Å². The highest BCUT2D eigenvalue weighted by Gasteiger charge is 2.48. The minimum Gasteiger partial charge on any atom is -0.507 e. The number of carbonyl (C=O) groups is 2. The lowest BCUT2D eigenvalue weighted by atomic mass is 9.95. The highest BCUT2D eigenvalue weighted by molar-refractivity contribution is 6.51. The molecule has 1 saturated heterocycles. The predicted octanol–water partition coefficient (Wildman–Crippen LogP) is 4.54. The number of ether oxygens (including phenoxy) is 1. The third-order valence-electron chi connectivity index (χ3n) is 4.99. The molecule has 0 aliphatic carbocycles. The molecule has 1 aliphatic rings. The molecule has 1 aromatic heterocycles. The Balaban J connectivity index is 1.87. The Bertz CT molecular complexity index is 1200. The molecule has 32 heavy (non-hydrogen) atoms. The van der Waals surface area contributed by atoms with Crippen molar-refractivity contribution >= 4 is 23.3 Å². The topological polar surface area (TPSA) is 92.9 Å². The molecule has 1 atom stereocenters. The first-order valence-corrected chi connectivity index (χ1v) is 10.0. The van der Waals surface area contributed by atoms with E-state index >= 15 is 0 Å². The molecule has 1 amide bonds. The van der Waals surface area contributed by atoms with Crippen molar-refractivity contribution in [3.05, 3.63) is 82.9 Å². The van der Waals surface area contributed by atoms with E-state index in [1.807, 2.05) is 13.8 Å². The Morgan fingerprint density at radius 1 is 1.12 bits per heavy atom. The average molecular weight is 436 g/mol. The monoisotopic (exact) mass is 436 g/mol. The lowest BCUT2D eigenvalue weighted by Crippen LogP contribution is -2.29. The zero-order valence-electron chi connectivity index (χ0n) is 17.7. The standard InChI is InChI=1S/C24H21FN2O5/c1-13(2)31-18-10-6-15(7-11-18)21-20(22(28)16-4-8-17(25)9-5-16)23(29)24(30)27(21)19-12-14(3)32-26-19/h4-13,21,28H,1-3H3/b22-20+/t21-/m1/s1. The zero-order valence-corrected chi connectivity index (χ0v) is 17.7. The summed E-state index contributed by atoms with van der Waals surface area (Å²) in [7, 11) is 0. The molecular formula is C24H21FN2O5. The van der Waals surface area contributed by atoms with Gasteiger partial charge in [0.2, 0.25) is 0 Å². The zero-order chi connectivity index (χ0) is 23.0. The fraction of sp³-hybridized carbons (Fsp3) is 0.208. The highest BCUT2D eigenvalue weighted by atomic mass is 19.1. The van der Waals surface area contributed by atoms with E-state index in [-0.39, 0.29) is 23.1 Å². The summed E-state index contributed by atoms with van der Waals surface area (Å²) in [5.74, 6) is -1.39. The van der Waals surface area contributed by atoms with Crippen LogP contribution >= 0.6 is 0 Å². The first-order chi connectivity index (χ1) is 15.3. The summed E-state index contributed by atoms with van der Waals surface area (Å²) < 4.78 is 24.1. The maximum Gasteiger partial charge on any atom is 0.301 e. The Morgan fingerprint density at radius 2 is 1.78 bits per heavy atom. The van der Waals surface area contributed by atoms with E-state index in [0.717, 1.165) is 0 Å². The second-order valence-corrected chi connectivity index (χ2v) is 7.71. The van der Waals surface area contributed by atoms with Crippen molar-refractivity contribution in [2.75, 3.05) is 4.90 Å². The molecule has 1 aliphatic heterocycles. The number of aliphatic hydroxyl groups is 1. The molecule has 8 heteroatoms. The van der Waals surface area contributed by atoms with Gasteiger partial charge in [-0.2, -0.15) is 0 Å². The van der Waals surface area contributed by atoms with Crippen molar-refractivity contribution in [1.82, 2.24) is 5.16 Å². The van der Waals surface area contributed by atoms with Crippen LogP contribution in [-0.2, 0) is 9.59 Å². The molecule has 0 spiro atoms. The van der Waals surface area contributed by atoms with Crippen LogP contribution in [0, 0.1) is 12.7 Å². The third kappa shape index (κ3) is 3.87. The van der Waals surface area contributed by atoms with E-state index in [1.54, 1.807) is 31.2 Å². The average Bonchev–Trinajstić information content (AvgIpc) is 3.29. The number of halogens is 1. The molecular weight excluding hydrogens is 415 g/mol. The largest absolute Gasteiger partial charge is 0.507 e. The summed E-state index contributed by atoms with van der Waals surface area (Å²) in [6, 6.07) is 12.5. The highest BCUT2D eigenvalue weighted by Crippen LogP contribution is 2.42. The number of benzene rings is 2. The van der Waals surface area contributed by atoms with Crippen LogP contribution < -0.4 is 9.64 Å². The Kier molecular flexibility index (Phi) is 5.52. The fourth-order valence-corrected chi connectivity index (χ4v) is 3.62. The number of rotatable bonds is 5. The van der Waals surface area contributed by atoms with Gasteiger partial charge >= 0.3 is 5.91 Å². The number of hydrogen-bond donors (Lipinski definition) is 1. The van der Waals surface area contributed by atoms with Crippen molar-refractivity contribution in [3.8, 4) is 5.75 Å². The fourth-order valence-electron chi connectivity index (χ4n) is 3.62. The van der Waals surface area contributed by atoms with Crippen LogP contribution in [0.1, 0.15) is 36.8 Å². The normalized spacial score (nSPS) is 17.9. The van der Waals surface area contributed by atoms with Gasteiger partial charge in [0.1, 0.15) is 23.1 Å². The second kappa shape index (κ2) is 8.30. The van der Waals surface area contributed by atoms with Crippen molar-refractivity contribution in [3.63, 3.8) is 0 Å². The molecule has 164 valence electrons. The molecule has 0 saturated carbocycles. The Hall–Kier alpha value is -3.94. The molecule has 7 nitrogen and oxygen atoms in total. The SMILES string of the molecule is Cc1cc(N2C(=O)C(=O)/C(=C(/O)c3ccc(F)cc3)[C@H]2c2ccc(OC(C)C)cc2)no1. The van der Waals surface area contributed by atoms with Gasteiger partial charge in [0, 0.05) is 11.6 Å². The first kappa shape index (κ1) is 21.3. The maximum absolute atomic E-state index is 13.4. The van der Waals surface area contributed by atoms with E-state index in [4.69, 9.17) is 9.26 Å². The number of amides is 1. The molecule has 0 radical (unpaired) electrons. The summed E-state index contributed by atoms with van der Waals surface area (Å²) in [4.78, 5) is 27.2. The molecule has 1 N–H and O–H groups in total. The first-order valence-electron chi connectivity index (χ1n) is 10.0. The van der Waals surface area contributed by atoms with Crippen LogP contribution in [0.3, 0.4) is 0 Å². The van der Waals surface area contributed by atoms with Crippen LogP contribution in [0.2, 0.25) is 0 Å². The Morgan fingerprint density at radius 3 is 2.34 bits per heavy atom. The third-order valence-corrected chi connectivity index (χ3v) is 4.99. The molecule has 0 bridgehead atoms. The van der Waals surface area contributed by atoms with Crippen molar-refractivity contribution < 1.29 is 28.3 Å². The predicted molar refractivity (Wildman–Crippen MR) is 115 cm³/mol. The summed E-state index contributed by atoms with van der Waals surface area (Å²) in [6.07, 6.45) is -0.0249. The lowest BCUT2D eigenvalue weighted by molar-refractivity contribution is -0.132. The number of Topliss-reactive ketones (excluding diaryl/α,β-unsaturated/α-hetero) is 1. The number of anilines is 1. The van der Waals surface area contributed by atoms with Gasteiger partial charge in [0.15, 0.2) is 5.82 Å². The molecule has 4 rings (SSSR count). The van der Waals surface area contributed by atoms with Gasteiger partial charge in [-0.15, -0.1) is 0 Å². The summed E-state index contributed by atoms with van der Waals surface area (Å²) in [6.45, 7) is 5.47. The molecule has 2 heterocycles. The van der Waals surface area contributed by atoms with Gasteiger partial charge in [0.05, 0.1) is 17.7 Å². The van der Waals surface area contributed by atoms with Gasteiger partial charge < -0.3 is 14.4 Å². The summed E-state index contributed by atoms with van der Waals surface area (Å²) in [5, 5.41) is 14.9. The van der Waals surface area contributed by atoms with Crippen molar-refractivity contribution in [2.24, 2.45) is 0 Å². The maximum atomic E-state index is 13.4. The van der Waals surface area contributed by atoms with E-state index in [0.29, 0.717) is 17.1 Å². The number of aromatic nitrogens is 1. The number of aliphatic hydroxyl groups excluding tert-OH is 1. The van der Waals surface area contributed by atoms with E-state index in [2.05, 4.69) is 5.16 Å². The van der Waals surface area contributed by atoms with Gasteiger partial charge in [-0.3, -0.25) is 14.5 Å². The van der Waals surface area contributed by atoms with Crippen LogP contribution in [0.5, 0.6) is 5.75 Å². The van der Waals surface area contributed by atoms with E-state index in [1.165, 1.54) is 35.2 Å². The minimum atomic E-state index is -0.961. The quantitative estimate of drug-likeness (QED) is 0.359. The number of nitrogens with zero attached hydrogens (tertiary/aromatic N) is 2. The molecule has 2 aromatic carbocycles. The van der Waals surface area contributed by atoms with E-state index in [9.17, 15) is 19.1 Å². The number of aryl methyl sites for hydroxylation is 1. The smallest absolute Gasteiger partial charge is 0.301 e. The second-order valence-electron chi connectivity index (χ2n) is 7.71.